The van der Waals surface area contributed by atoms with Gasteiger partial charge in [-0.05, 0) is 32.4 Å². The SMILES string of the molecule is CC(C)(CNC(=O)NC1CCCSC1)C(=O)O. The number of hydrogen-bond donors (Lipinski definition) is 3. The fourth-order valence-corrected chi connectivity index (χ4v) is 2.54. The van der Waals surface area contributed by atoms with Crippen LogP contribution in [0.1, 0.15) is 26.7 Å². The van der Waals surface area contributed by atoms with Gasteiger partial charge in [-0.1, -0.05) is 0 Å². The van der Waals surface area contributed by atoms with Crippen LogP contribution in [0.25, 0.3) is 0 Å². The lowest BCUT2D eigenvalue weighted by molar-refractivity contribution is -0.146. The number of nitrogens with one attached hydrogen (secondary N) is 2. The Balaban J connectivity index is 2.27. The van der Waals surface area contributed by atoms with Gasteiger partial charge in [0.15, 0.2) is 0 Å². The van der Waals surface area contributed by atoms with E-state index in [0.717, 1.165) is 24.3 Å². The number of carboxylic acids is 1. The smallest absolute Gasteiger partial charge is 0.315 e. The summed E-state index contributed by atoms with van der Waals surface area (Å²) in [6.07, 6.45) is 2.12. The zero-order valence-electron chi connectivity index (χ0n) is 10.3. The first-order valence-corrected chi connectivity index (χ1v) is 6.93. The summed E-state index contributed by atoms with van der Waals surface area (Å²) < 4.78 is 0. The summed E-state index contributed by atoms with van der Waals surface area (Å²) in [5.74, 6) is 1.19. The summed E-state index contributed by atoms with van der Waals surface area (Å²) in [5, 5.41) is 14.4. The van der Waals surface area contributed by atoms with E-state index in [1.165, 1.54) is 0 Å². The van der Waals surface area contributed by atoms with Crippen molar-refractivity contribution in [1.29, 1.82) is 0 Å². The molecule has 6 heteroatoms. The van der Waals surface area contributed by atoms with Gasteiger partial charge in [0.05, 0.1) is 5.41 Å². The molecule has 3 N–H and O–H groups in total. The van der Waals surface area contributed by atoms with Crippen molar-refractivity contribution in [2.75, 3.05) is 18.1 Å². The molecule has 1 saturated heterocycles. The molecular weight excluding hydrogens is 240 g/mol. The summed E-state index contributed by atoms with van der Waals surface area (Å²) in [4.78, 5) is 22.4. The van der Waals surface area contributed by atoms with Gasteiger partial charge in [-0.15, -0.1) is 0 Å². The zero-order chi connectivity index (χ0) is 12.9. The quantitative estimate of drug-likeness (QED) is 0.712. The van der Waals surface area contributed by atoms with Crippen molar-refractivity contribution in [3.63, 3.8) is 0 Å². The van der Waals surface area contributed by atoms with Crippen LogP contribution in [0.15, 0.2) is 0 Å². The topological polar surface area (TPSA) is 78.4 Å². The van der Waals surface area contributed by atoms with Crippen LogP contribution in [0.5, 0.6) is 0 Å². The summed E-state index contributed by atoms with van der Waals surface area (Å²) in [7, 11) is 0. The minimum atomic E-state index is -0.932. The largest absolute Gasteiger partial charge is 0.481 e. The number of urea groups is 1. The maximum absolute atomic E-state index is 11.6. The van der Waals surface area contributed by atoms with E-state index in [-0.39, 0.29) is 18.6 Å². The molecular formula is C11H20N2O3S. The molecule has 1 aliphatic heterocycles. The molecule has 1 fully saturated rings. The molecule has 0 bridgehead atoms. The van der Waals surface area contributed by atoms with Crippen molar-refractivity contribution < 1.29 is 14.7 Å². The van der Waals surface area contributed by atoms with Gasteiger partial charge in [-0.3, -0.25) is 4.79 Å². The van der Waals surface area contributed by atoms with Crippen molar-refractivity contribution in [2.24, 2.45) is 5.41 Å². The normalized spacial score (nSPS) is 20.7. The highest BCUT2D eigenvalue weighted by atomic mass is 32.2. The Hall–Kier alpha value is -0.910. The third kappa shape index (κ3) is 4.85. The molecule has 17 heavy (non-hydrogen) atoms. The minimum Gasteiger partial charge on any atom is -0.481 e. The second-order valence-corrected chi connectivity index (χ2v) is 6.08. The van der Waals surface area contributed by atoms with Gasteiger partial charge in [0, 0.05) is 18.3 Å². The molecule has 5 nitrogen and oxygen atoms in total. The van der Waals surface area contributed by atoms with Gasteiger partial charge in [-0.25, -0.2) is 4.79 Å². The van der Waals surface area contributed by atoms with Crippen LogP contribution in [0.2, 0.25) is 0 Å². The van der Waals surface area contributed by atoms with E-state index in [1.807, 2.05) is 11.8 Å². The second kappa shape index (κ2) is 6.14. The third-order valence-electron chi connectivity index (χ3n) is 2.77. The molecule has 1 heterocycles. The van der Waals surface area contributed by atoms with E-state index in [0.29, 0.717) is 0 Å². The van der Waals surface area contributed by atoms with Gasteiger partial charge in [-0.2, -0.15) is 11.8 Å². The maximum atomic E-state index is 11.6. The minimum absolute atomic E-state index is 0.133. The highest BCUT2D eigenvalue weighted by Gasteiger charge is 2.27. The predicted octanol–water partition coefficient (Wildman–Crippen LogP) is 1.29. The second-order valence-electron chi connectivity index (χ2n) is 4.93. The molecule has 1 rings (SSSR count). The molecule has 0 spiro atoms. The van der Waals surface area contributed by atoms with Gasteiger partial charge < -0.3 is 15.7 Å². The number of rotatable bonds is 4. The maximum Gasteiger partial charge on any atom is 0.315 e. The van der Waals surface area contributed by atoms with E-state index in [2.05, 4.69) is 10.6 Å². The molecule has 1 unspecified atom stereocenters. The summed E-state index contributed by atoms with van der Waals surface area (Å²) >= 11 is 1.84. The first-order chi connectivity index (χ1) is 7.92. The third-order valence-corrected chi connectivity index (χ3v) is 3.98. The number of amides is 2. The molecule has 0 aromatic rings. The zero-order valence-corrected chi connectivity index (χ0v) is 11.1. The van der Waals surface area contributed by atoms with Gasteiger partial charge in [0.1, 0.15) is 0 Å². The van der Waals surface area contributed by atoms with Crippen LogP contribution in [-0.4, -0.2) is 41.2 Å². The standard InChI is InChI=1S/C11H20N2O3S/c1-11(2,9(14)15)7-12-10(16)13-8-4-3-5-17-6-8/h8H,3-7H2,1-2H3,(H,14,15)(H2,12,13,16). The Labute approximate surface area is 106 Å². The fourth-order valence-electron chi connectivity index (χ4n) is 1.47. The van der Waals surface area contributed by atoms with Crippen LogP contribution in [0.3, 0.4) is 0 Å². The van der Waals surface area contributed by atoms with Crippen LogP contribution in [0.4, 0.5) is 4.79 Å². The number of hydrogen-bond acceptors (Lipinski definition) is 3. The molecule has 0 aromatic carbocycles. The highest BCUT2D eigenvalue weighted by molar-refractivity contribution is 7.99. The Bertz CT molecular complexity index is 288. The molecule has 0 aliphatic carbocycles. The number of carbonyl (C=O) groups excluding carboxylic acids is 1. The van der Waals surface area contributed by atoms with Gasteiger partial charge in [0.25, 0.3) is 0 Å². The molecule has 0 saturated carbocycles. The Morgan fingerprint density at radius 2 is 2.18 bits per heavy atom. The molecule has 1 atom stereocenters. The van der Waals surface area contributed by atoms with Crippen LogP contribution in [-0.2, 0) is 4.79 Å². The van der Waals surface area contributed by atoms with E-state index >= 15 is 0 Å². The number of carbonyl (C=O) groups is 2. The van der Waals surface area contributed by atoms with E-state index in [4.69, 9.17) is 5.11 Å². The Kier molecular flexibility index (Phi) is 5.11. The van der Waals surface area contributed by atoms with Crippen LogP contribution in [0, 0.1) is 5.41 Å². The van der Waals surface area contributed by atoms with Crippen LogP contribution >= 0.6 is 11.8 Å². The Morgan fingerprint density at radius 3 is 2.71 bits per heavy atom. The first kappa shape index (κ1) is 14.2. The lowest BCUT2D eigenvalue weighted by Gasteiger charge is -2.24. The van der Waals surface area contributed by atoms with Crippen LogP contribution < -0.4 is 10.6 Å². The van der Waals surface area contributed by atoms with E-state index < -0.39 is 11.4 Å². The average Bonchev–Trinajstić information content (AvgIpc) is 2.28. The number of carboxylic acid groups (broad SMARTS) is 1. The molecule has 2 amide bonds. The number of aliphatic carboxylic acids is 1. The lowest BCUT2D eigenvalue weighted by atomic mass is 9.94. The summed E-state index contributed by atoms with van der Waals surface area (Å²) in [5.41, 5.74) is -0.932. The molecule has 98 valence electrons. The highest BCUT2D eigenvalue weighted by Crippen LogP contribution is 2.17. The van der Waals surface area contributed by atoms with Crippen molar-refractivity contribution in [3.8, 4) is 0 Å². The molecule has 0 radical (unpaired) electrons. The number of thioether (sulfide) groups is 1. The molecule has 0 aromatic heterocycles. The average molecular weight is 260 g/mol. The monoisotopic (exact) mass is 260 g/mol. The van der Waals surface area contributed by atoms with E-state index in [1.54, 1.807) is 13.8 Å². The first-order valence-electron chi connectivity index (χ1n) is 5.77. The fraction of sp³-hybridized carbons (Fsp3) is 0.818. The van der Waals surface area contributed by atoms with Crippen molar-refractivity contribution in [1.82, 2.24) is 10.6 Å². The predicted molar refractivity (Wildman–Crippen MR) is 68.3 cm³/mol. The molecule has 1 aliphatic rings. The summed E-state index contributed by atoms with van der Waals surface area (Å²) in [6.45, 7) is 3.31. The van der Waals surface area contributed by atoms with Crippen molar-refractivity contribution in [3.05, 3.63) is 0 Å². The van der Waals surface area contributed by atoms with Gasteiger partial charge in [0.2, 0.25) is 0 Å². The van der Waals surface area contributed by atoms with Crippen molar-refractivity contribution >= 4 is 23.8 Å². The van der Waals surface area contributed by atoms with E-state index in [9.17, 15) is 9.59 Å². The Morgan fingerprint density at radius 1 is 1.47 bits per heavy atom. The lowest BCUT2D eigenvalue weighted by Crippen LogP contribution is -2.48. The van der Waals surface area contributed by atoms with Gasteiger partial charge >= 0.3 is 12.0 Å². The summed E-state index contributed by atoms with van der Waals surface area (Å²) in [6, 6.07) is -0.0616. The van der Waals surface area contributed by atoms with Crippen molar-refractivity contribution in [2.45, 2.75) is 32.7 Å².